The molecular formula is C19H27N5O2. The summed E-state index contributed by atoms with van der Waals surface area (Å²) in [6, 6.07) is 3.91. The molecule has 0 unspecified atom stereocenters. The van der Waals surface area contributed by atoms with Crippen molar-refractivity contribution in [2.45, 2.75) is 51.7 Å². The highest BCUT2D eigenvalue weighted by Gasteiger charge is 2.30. The molecule has 1 fully saturated rings. The van der Waals surface area contributed by atoms with Crippen LogP contribution in [-0.2, 0) is 4.74 Å². The number of hydrogen-bond acceptors (Lipinski definition) is 5. The number of carbonyl (C=O) groups excluding carboxylic acids is 1. The van der Waals surface area contributed by atoms with Crippen molar-refractivity contribution in [2.24, 2.45) is 0 Å². The number of likely N-dealkylation sites (tertiary alicyclic amines) is 1. The SMILES string of the molecule is C=Cc1cnc2ccc(NC[C@@H]3CCCCN3C(=O)OC(C)(C)C)nn12. The van der Waals surface area contributed by atoms with E-state index in [1.165, 1.54) is 0 Å². The first-order valence-electron chi connectivity index (χ1n) is 9.08. The Labute approximate surface area is 154 Å². The van der Waals surface area contributed by atoms with E-state index in [2.05, 4.69) is 22.0 Å². The van der Waals surface area contributed by atoms with Gasteiger partial charge in [-0.05, 0) is 58.2 Å². The van der Waals surface area contributed by atoms with Gasteiger partial charge in [-0.15, -0.1) is 5.10 Å². The smallest absolute Gasteiger partial charge is 0.410 e. The highest BCUT2D eigenvalue weighted by molar-refractivity contribution is 5.68. The van der Waals surface area contributed by atoms with Gasteiger partial charge in [0.05, 0.1) is 17.9 Å². The third-order valence-electron chi connectivity index (χ3n) is 4.37. The van der Waals surface area contributed by atoms with E-state index in [0.29, 0.717) is 6.54 Å². The maximum absolute atomic E-state index is 12.5. The fourth-order valence-electron chi connectivity index (χ4n) is 3.12. The van der Waals surface area contributed by atoms with Gasteiger partial charge >= 0.3 is 6.09 Å². The summed E-state index contributed by atoms with van der Waals surface area (Å²) < 4.78 is 7.31. The minimum Gasteiger partial charge on any atom is -0.444 e. The molecule has 1 N–H and O–H groups in total. The molecule has 1 aliphatic rings. The molecule has 26 heavy (non-hydrogen) atoms. The molecule has 0 saturated carbocycles. The number of piperidine rings is 1. The van der Waals surface area contributed by atoms with E-state index in [1.807, 2.05) is 37.8 Å². The lowest BCUT2D eigenvalue weighted by Crippen LogP contribution is -2.49. The standard InChI is InChI=1S/C19H27N5O2/c1-5-14-12-21-17-10-9-16(22-24(14)17)20-13-15-8-6-7-11-23(15)18(25)26-19(2,3)4/h5,9-10,12,15H,1,6-8,11,13H2,2-4H3,(H,20,22)/t15-/m0/s1. The van der Waals surface area contributed by atoms with Crippen LogP contribution in [-0.4, -0.2) is 50.3 Å². The summed E-state index contributed by atoms with van der Waals surface area (Å²) in [5.74, 6) is 0.744. The van der Waals surface area contributed by atoms with Gasteiger partial charge in [0, 0.05) is 13.1 Å². The minimum atomic E-state index is -0.485. The molecule has 1 saturated heterocycles. The molecule has 0 radical (unpaired) electrons. The normalized spacial score (nSPS) is 18.0. The average molecular weight is 357 g/mol. The summed E-state index contributed by atoms with van der Waals surface area (Å²) in [5.41, 5.74) is 1.14. The van der Waals surface area contributed by atoms with Gasteiger partial charge in [-0.2, -0.15) is 0 Å². The van der Waals surface area contributed by atoms with Gasteiger partial charge < -0.3 is 15.0 Å². The molecule has 7 heteroatoms. The van der Waals surface area contributed by atoms with Crippen LogP contribution < -0.4 is 5.32 Å². The van der Waals surface area contributed by atoms with Gasteiger partial charge in [-0.1, -0.05) is 6.58 Å². The number of hydrogen-bond donors (Lipinski definition) is 1. The highest BCUT2D eigenvalue weighted by Crippen LogP contribution is 2.21. The molecule has 1 atom stereocenters. The number of fused-ring (bicyclic) bond motifs is 1. The molecule has 3 heterocycles. The Morgan fingerprint density at radius 3 is 2.96 bits per heavy atom. The van der Waals surface area contributed by atoms with Gasteiger partial charge in [-0.25, -0.2) is 14.3 Å². The van der Waals surface area contributed by atoms with Crippen LogP contribution in [0.2, 0.25) is 0 Å². The molecule has 1 aliphatic heterocycles. The second kappa shape index (κ2) is 7.35. The Balaban J connectivity index is 1.68. The number of aromatic nitrogens is 3. The Bertz CT molecular complexity index is 793. The van der Waals surface area contributed by atoms with Gasteiger partial charge in [0.25, 0.3) is 0 Å². The predicted molar refractivity (Wildman–Crippen MR) is 102 cm³/mol. The molecule has 0 spiro atoms. The number of rotatable bonds is 4. The maximum Gasteiger partial charge on any atom is 0.410 e. The van der Waals surface area contributed by atoms with Crippen LogP contribution in [0.5, 0.6) is 0 Å². The maximum atomic E-state index is 12.5. The predicted octanol–water partition coefficient (Wildman–Crippen LogP) is 3.57. The molecule has 1 amide bonds. The van der Waals surface area contributed by atoms with Gasteiger partial charge in [0.2, 0.25) is 0 Å². The van der Waals surface area contributed by atoms with E-state index in [-0.39, 0.29) is 12.1 Å². The number of ether oxygens (including phenoxy) is 1. The first-order valence-corrected chi connectivity index (χ1v) is 9.08. The topological polar surface area (TPSA) is 71.8 Å². The van der Waals surface area contributed by atoms with Crippen molar-refractivity contribution in [3.8, 4) is 0 Å². The Morgan fingerprint density at radius 2 is 2.23 bits per heavy atom. The second-order valence-electron chi connectivity index (χ2n) is 7.58. The zero-order chi connectivity index (χ0) is 18.7. The molecule has 0 aromatic carbocycles. The summed E-state index contributed by atoms with van der Waals surface area (Å²) in [6.45, 7) is 10.8. The minimum absolute atomic E-state index is 0.0951. The quantitative estimate of drug-likeness (QED) is 0.906. The van der Waals surface area contributed by atoms with Crippen molar-refractivity contribution in [3.05, 3.63) is 30.6 Å². The molecule has 2 aromatic rings. The number of nitrogens with zero attached hydrogens (tertiary/aromatic N) is 4. The van der Waals surface area contributed by atoms with Crippen LogP contribution in [0.25, 0.3) is 11.7 Å². The van der Waals surface area contributed by atoms with Crippen LogP contribution >= 0.6 is 0 Å². The first-order chi connectivity index (χ1) is 12.4. The average Bonchev–Trinajstić information content (AvgIpc) is 3.01. The third kappa shape index (κ3) is 4.15. The number of anilines is 1. The van der Waals surface area contributed by atoms with E-state index in [0.717, 1.165) is 43.0 Å². The summed E-state index contributed by atoms with van der Waals surface area (Å²) in [7, 11) is 0. The number of nitrogens with one attached hydrogen (secondary N) is 1. The molecule has 2 aromatic heterocycles. The van der Waals surface area contributed by atoms with E-state index in [1.54, 1.807) is 16.8 Å². The molecule has 0 bridgehead atoms. The van der Waals surface area contributed by atoms with Crippen LogP contribution in [0.4, 0.5) is 10.6 Å². The lowest BCUT2D eigenvalue weighted by molar-refractivity contribution is 0.0114. The van der Waals surface area contributed by atoms with E-state index >= 15 is 0 Å². The van der Waals surface area contributed by atoms with Crippen molar-refractivity contribution in [3.63, 3.8) is 0 Å². The Kier molecular flexibility index (Phi) is 5.15. The Morgan fingerprint density at radius 1 is 1.42 bits per heavy atom. The highest BCUT2D eigenvalue weighted by atomic mass is 16.6. The van der Waals surface area contributed by atoms with Crippen LogP contribution in [0.3, 0.4) is 0 Å². The summed E-state index contributed by atoms with van der Waals surface area (Å²) in [5, 5.41) is 7.91. The lowest BCUT2D eigenvalue weighted by Gasteiger charge is -2.36. The van der Waals surface area contributed by atoms with E-state index < -0.39 is 5.60 Å². The number of imidazole rings is 1. The van der Waals surface area contributed by atoms with Crippen LogP contribution in [0, 0.1) is 0 Å². The fourth-order valence-corrected chi connectivity index (χ4v) is 3.12. The Hall–Kier alpha value is -2.57. The number of amides is 1. The van der Waals surface area contributed by atoms with E-state index in [9.17, 15) is 4.79 Å². The molecule has 3 rings (SSSR count). The second-order valence-corrected chi connectivity index (χ2v) is 7.58. The zero-order valence-corrected chi connectivity index (χ0v) is 15.7. The van der Waals surface area contributed by atoms with Crippen molar-refractivity contribution >= 4 is 23.6 Å². The number of carbonyl (C=O) groups is 1. The van der Waals surface area contributed by atoms with Crippen molar-refractivity contribution < 1.29 is 9.53 Å². The first kappa shape index (κ1) is 18.2. The van der Waals surface area contributed by atoms with E-state index in [4.69, 9.17) is 4.74 Å². The molecule has 140 valence electrons. The van der Waals surface area contributed by atoms with Crippen molar-refractivity contribution in [2.75, 3.05) is 18.4 Å². The van der Waals surface area contributed by atoms with Crippen LogP contribution in [0.15, 0.2) is 24.9 Å². The van der Waals surface area contributed by atoms with Gasteiger partial charge in [-0.3, -0.25) is 0 Å². The molecule has 7 nitrogen and oxygen atoms in total. The summed E-state index contributed by atoms with van der Waals surface area (Å²) in [4.78, 5) is 18.6. The monoisotopic (exact) mass is 357 g/mol. The van der Waals surface area contributed by atoms with Gasteiger partial charge in [0.15, 0.2) is 5.65 Å². The summed E-state index contributed by atoms with van der Waals surface area (Å²) in [6.07, 6.45) is 6.30. The van der Waals surface area contributed by atoms with Gasteiger partial charge in [0.1, 0.15) is 11.4 Å². The molecular weight excluding hydrogens is 330 g/mol. The summed E-state index contributed by atoms with van der Waals surface area (Å²) >= 11 is 0. The molecule has 0 aliphatic carbocycles. The zero-order valence-electron chi connectivity index (χ0n) is 15.7. The third-order valence-corrected chi connectivity index (χ3v) is 4.37. The van der Waals surface area contributed by atoms with Crippen molar-refractivity contribution in [1.29, 1.82) is 0 Å². The van der Waals surface area contributed by atoms with Crippen molar-refractivity contribution in [1.82, 2.24) is 19.5 Å². The largest absolute Gasteiger partial charge is 0.444 e. The lowest BCUT2D eigenvalue weighted by atomic mass is 10.0. The fraction of sp³-hybridized carbons (Fsp3) is 0.526. The van der Waals surface area contributed by atoms with Crippen LogP contribution in [0.1, 0.15) is 45.7 Å².